The predicted octanol–water partition coefficient (Wildman–Crippen LogP) is 2.05. The van der Waals surface area contributed by atoms with Crippen molar-refractivity contribution in [2.75, 3.05) is 6.26 Å². The Balaban J connectivity index is 3.11. The van der Waals surface area contributed by atoms with Crippen LogP contribution in [0.3, 0.4) is 0 Å². The number of hydrogen-bond donors (Lipinski definition) is 1. The summed E-state index contributed by atoms with van der Waals surface area (Å²) in [5, 5.41) is 9.83. The Morgan fingerprint density at radius 1 is 1.40 bits per heavy atom. The summed E-state index contributed by atoms with van der Waals surface area (Å²) in [6, 6.07) is 8.37. The lowest BCUT2D eigenvalue weighted by Crippen LogP contribution is -2.32. The molecule has 0 unspecified atom stereocenters. The van der Waals surface area contributed by atoms with Crippen molar-refractivity contribution in [2.45, 2.75) is 9.22 Å². The molecule has 1 N–H and O–H groups in total. The van der Waals surface area contributed by atoms with Gasteiger partial charge in [0.25, 0.3) is 0 Å². The maximum atomic E-state index is 11.3. The largest absolute Gasteiger partial charge is 0.385 e. The van der Waals surface area contributed by atoms with Gasteiger partial charge >= 0.3 is 0 Å². The lowest BCUT2D eigenvalue weighted by molar-refractivity contribution is 0.185. The van der Waals surface area contributed by atoms with Crippen LogP contribution in [0, 0.1) is 0 Å². The SMILES string of the molecule is CS(=O)(=O)[C@@](Cl)(Br)[C@@H](O)c1ccccc1. The Kier molecular flexibility index (Phi) is 3.81. The van der Waals surface area contributed by atoms with Crippen molar-refractivity contribution in [3.05, 3.63) is 35.9 Å². The zero-order valence-corrected chi connectivity index (χ0v) is 11.1. The molecule has 0 heterocycles. The molecule has 1 aromatic rings. The van der Waals surface area contributed by atoms with Crippen molar-refractivity contribution in [2.24, 2.45) is 0 Å². The summed E-state index contributed by atoms with van der Waals surface area (Å²) in [6.45, 7) is 0. The van der Waals surface area contributed by atoms with Crippen LogP contribution in [0.4, 0.5) is 0 Å². The molecule has 0 aliphatic rings. The molecule has 0 radical (unpaired) electrons. The third-order valence-corrected chi connectivity index (χ3v) is 6.39. The number of sulfone groups is 1. The molecular weight excluding hydrogens is 304 g/mol. The molecule has 2 atom stereocenters. The van der Waals surface area contributed by atoms with Gasteiger partial charge in [-0.15, -0.1) is 0 Å². The minimum absolute atomic E-state index is 0.440. The Bertz CT molecular complexity index is 430. The maximum Gasteiger partial charge on any atom is 0.228 e. The zero-order chi connectivity index (χ0) is 11.7. The van der Waals surface area contributed by atoms with Crippen LogP contribution >= 0.6 is 27.5 Å². The fourth-order valence-corrected chi connectivity index (χ4v) is 1.96. The van der Waals surface area contributed by atoms with Gasteiger partial charge in [0.2, 0.25) is 3.12 Å². The summed E-state index contributed by atoms with van der Waals surface area (Å²) in [7, 11) is -3.62. The second kappa shape index (κ2) is 4.41. The topological polar surface area (TPSA) is 54.4 Å². The fraction of sp³-hybridized carbons (Fsp3) is 0.333. The molecule has 1 rings (SSSR count). The summed E-state index contributed by atoms with van der Waals surface area (Å²) >= 11 is 8.61. The third kappa shape index (κ3) is 2.72. The Hall–Kier alpha value is -0.100. The molecule has 0 amide bonds. The molecule has 6 heteroatoms. The molecule has 0 aromatic heterocycles. The highest BCUT2D eigenvalue weighted by molar-refractivity contribution is 9.12. The standard InChI is InChI=1S/C9H10BrClO3S/c1-15(13,14)9(10,11)8(12)7-5-3-2-4-6-7/h2-6,8,12H,1H3/t8-,9+/m0/s1. The van der Waals surface area contributed by atoms with E-state index in [0.29, 0.717) is 5.56 Å². The van der Waals surface area contributed by atoms with Crippen molar-refractivity contribution in [3.63, 3.8) is 0 Å². The maximum absolute atomic E-state index is 11.3. The minimum atomic E-state index is -3.62. The van der Waals surface area contributed by atoms with Gasteiger partial charge < -0.3 is 5.11 Å². The second-order valence-electron chi connectivity index (χ2n) is 3.15. The van der Waals surface area contributed by atoms with Crippen LogP contribution in [-0.4, -0.2) is 22.9 Å². The summed E-state index contributed by atoms with van der Waals surface area (Å²) in [4.78, 5) is 0. The van der Waals surface area contributed by atoms with Crippen LogP contribution < -0.4 is 0 Å². The Morgan fingerprint density at radius 3 is 2.27 bits per heavy atom. The van der Waals surface area contributed by atoms with E-state index in [1.165, 1.54) is 0 Å². The molecule has 0 saturated carbocycles. The van der Waals surface area contributed by atoms with Crippen LogP contribution in [-0.2, 0) is 9.84 Å². The summed E-state index contributed by atoms with van der Waals surface area (Å²) < 4.78 is 20.8. The number of aliphatic hydroxyl groups is 1. The smallest absolute Gasteiger partial charge is 0.228 e. The molecule has 1 aromatic carbocycles. The van der Waals surface area contributed by atoms with Crippen molar-refractivity contribution in [1.82, 2.24) is 0 Å². The van der Waals surface area contributed by atoms with E-state index in [1.807, 2.05) is 0 Å². The lowest BCUT2D eigenvalue weighted by Gasteiger charge is -2.24. The van der Waals surface area contributed by atoms with E-state index in [0.717, 1.165) is 6.26 Å². The average Bonchev–Trinajstić information content (AvgIpc) is 2.16. The van der Waals surface area contributed by atoms with Gasteiger partial charge in [0, 0.05) is 6.26 Å². The van der Waals surface area contributed by atoms with Crippen molar-refractivity contribution in [3.8, 4) is 0 Å². The summed E-state index contributed by atoms with van der Waals surface area (Å²) in [6.07, 6.45) is -0.364. The molecule has 0 fully saturated rings. The fourth-order valence-electron chi connectivity index (χ4n) is 1.03. The van der Waals surface area contributed by atoms with Crippen LogP contribution in [0.2, 0.25) is 0 Å². The van der Waals surface area contributed by atoms with Crippen molar-refractivity contribution >= 4 is 37.4 Å². The molecular formula is C9H10BrClO3S. The van der Waals surface area contributed by atoms with Gasteiger partial charge in [0.1, 0.15) is 6.10 Å². The van der Waals surface area contributed by atoms with E-state index in [9.17, 15) is 13.5 Å². The number of aliphatic hydroxyl groups excluding tert-OH is 1. The zero-order valence-electron chi connectivity index (χ0n) is 7.89. The van der Waals surface area contributed by atoms with Gasteiger partial charge in [-0.05, 0) is 21.5 Å². The van der Waals surface area contributed by atoms with Crippen LogP contribution in [0.5, 0.6) is 0 Å². The molecule has 15 heavy (non-hydrogen) atoms. The van der Waals surface area contributed by atoms with E-state index in [4.69, 9.17) is 11.6 Å². The molecule has 84 valence electrons. The first kappa shape index (κ1) is 13.0. The van der Waals surface area contributed by atoms with E-state index in [2.05, 4.69) is 15.9 Å². The molecule has 0 spiro atoms. The molecule has 0 saturated heterocycles. The molecule has 3 nitrogen and oxygen atoms in total. The highest BCUT2D eigenvalue weighted by Crippen LogP contribution is 2.41. The number of rotatable bonds is 3. The van der Waals surface area contributed by atoms with E-state index < -0.39 is 19.1 Å². The van der Waals surface area contributed by atoms with Crippen molar-refractivity contribution in [1.29, 1.82) is 0 Å². The third-order valence-electron chi connectivity index (χ3n) is 1.93. The van der Waals surface area contributed by atoms with Gasteiger partial charge in [-0.2, -0.15) is 0 Å². The van der Waals surface area contributed by atoms with Gasteiger partial charge in [0.05, 0.1) is 0 Å². The van der Waals surface area contributed by atoms with E-state index in [1.54, 1.807) is 30.3 Å². The average molecular weight is 314 g/mol. The highest BCUT2D eigenvalue weighted by Gasteiger charge is 2.44. The second-order valence-corrected chi connectivity index (χ2v) is 8.39. The van der Waals surface area contributed by atoms with Gasteiger partial charge in [0.15, 0.2) is 9.84 Å². The Labute approximate surface area is 102 Å². The van der Waals surface area contributed by atoms with E-state index >= 15 is 0 Å². The summed E-state index contributed by atoms with van der Waals surface area (Å²) in [5.41, 5.74) is 0.440. The quantitative estimate of drug-likeness (QED) is 0.869. The van der Waals surface area contributed by atoms with Crippen LogP contribution in [0.25, 0.3) is 0 Å². The first-order chi connectivity index (χ1) is 6.77. The first-order valence-corrected chi connectivity index (χ1v) is 7.13. The number of benzene rings is 1. The summed E-state index contributed by atoms with van der Waals surface area (Å²) in [5.74, 6) is 0. The van der Waals surface area contributed by atoms with Gasteiger partial charge in [-0.3, -0.25) is 0 Å². The number of hydrogen-bond acceptors (Lipinski definition) is 3. The molecule has 0 aliphatic carbocycles. The minimum Gasteiger partial charge on any atom is -0.385 e. The first-order valence-electron chi connectivity index (χ1n) is 4.07. The van der Waals surface area contributed by atoms with Crippen LogP contribution in [0.15, 0.2) is 30.3 Å². The van der Waals surface area contributed by atoms with Gasteiger partial charge in [-0.25, -0.2) is 8.42 Å². The Morgan fingerprint density at radius 2 is 1.87 bits per heavy atom. The van der Waals surface area contributed by atoms with Crippen molar-refractivity contribution < 1.29 is 13.5 Å². The number of halogens is 2. The van der Waals surface area contributed by atoms with Gasteiger partial charge in [-0.1, -0.05) is 41.9 Å². The normalized spacial score (nSPS) is 18.1. The molecule has 0 aliphatic heterocycles. The lowest BCUT2D eigenvalue weighted by atomic mass is 10.1. The van der Waals surface area contributed by atoms with Crippen LogP contribution in [0.1, 0.15) is 11.7 Å². The van der Waals surface area contributed by atoms with E-state index in [-0.39, 0.29) is 0 Å². The molecule has 0 bridgehead atoms. The highest BCUT2D eigenvalue weighted by atomic mass is 79.9. The predicted molar refractivity (Wildman–Crippen MR) is 63.8 cm³/mol. The number of alkyl halides is 2. The monoisotopic (exact) mass is 312 g/mol.